The summed E-state index contributed by atoms with van der Waals surface area (Å²) in [5.41, 5.74) is 12.8. The van der Waals surface area contributed by atoms with Crippen molar-refractivity contribution in [2.24, 2.45) is 0 Å². The van der Waals surface area contributed by atoms with Crippen LogP contribution < -0.4 is 0 Å². The zero-order valence-corrected chi connectivity index (χ0v) is 25.3. The molecule has 0 unspecified atom stereocenters. The predicted molar refractivity (Wildman–Crippen MR) is 190 cm³/mol. The fraction of sp³-hybridized carbons (Fsp3) is 0.0698. The molecule has 1 aliphatic carbocycles. The summed E-state index contributed by atoms with van der Waals surface area (Å²) in [6.07, 6.45) is 0. The molecule has 2 heteroatoms. The van der Waals surface area contributed by atoms with Crippen LogP contribution in [0.3, 0.4) is 0 Å². The van der Waals surface area contributed by atoms with Crippen molar-refractivity contribution in [1.82, 2.24) is 9.13 Å². The average molecular weight is 575 g/mol. The van der Waals surface area contributed by atoms with Crippen LogP contribution in [0.2, 0.25) is 0 Å². The fourth-order valence-electron chi connectivity index (χ4n) is 8.22. The lowest BCUT2D eigenvalue weighted by Crippen LogP contribution is -2.15. The topological polar surface area (TPSA) is 9.86 Å². The van der Waals surface area contributed by atoms with Crippen molar-refractivity contribution in [1.29, 1.82) is 0 Å². The molecule has 1 aliphatic rings. The van der Waals surface area contributed by atoms with Crippen molar-refractivity contribution < 1.29 is 0 Å². The predicted octanol–water partition coefficient (Wildman–Crippen LogP) is 11.3. The summed E-state index contributed by atoms with van der Waals surface area (Å²) in [5, 5.41) is 7.69. The second kappa shape index (κ2) is 8.74. The van der Waals surface area contributed by atoms with E-state index < -0.39 is 0 Å². The second-order valence-corrected chi connectivity index (χ2v) is 13.0. The monoisotopic (exact) mass is 574 g/mol. The summed E-state index contributed by atoms with van der Waals surface area (Å²) in [4.78, 5) is 0. The molecule has 0 saturated carbocycles. The van der Waals surface area contributed by atoms with Crippen LogP contribution in [-0.2, 0) is 5.41 Å². The highest BCUT2D eigenvalue weighted by atomic mass is 15.0. The van der Waals surface area contributed by atoms with Gasteiger partial charge >= 0.3 is 0 Å². The third-order valence-corrected chi connectivity index (χ3v) is 10.3. The Morgan fingerprint density at radius 2 is 1.07 bits per heavy atom. The maximum atomic E-state index is 2.48. The van der Waals surface area contributed by atoms with Crippen molar-refractivity contribution in [3.8, 4) is 22.5 Å². The Labute approximate surface area is 261 Å². The van der Waals surface area contributed by atoms with E-state index in [1.165, 1.54) is 88.0 Å². The first-order chi connectivity index (χ1) is 22.1. The van der Waals surface area contributed by atoms with Gasteiger partial charge < -0.3 is 9.13 Å². The van der Waals surface area contributed by atoms with Gasteiger partial charge in [-0.1, -0.05) is 105 Å². The van der Waals surface area contributed by atoms with Gasteiger partial charge in [-0.2, -0.15) is 0 Å². The Morgan fingerprint density at radius 1 is 0.400 bits per heavy atom. The van der Waals surface area contributed by atoms with E-state index >= 15 is 0 Å². The molecule has 2 nitrogen and oxygen atoms in total. The molecule has 0 bridgehead atoms. The van der Waals surface area contributed by atoms with E-state index in [0.29, 0.717) is 0 Å². The van der Waals surface area contributed by atoms with Gasteiger partial charge in [0.05, 0.1) is 22.1 Å². The van der Waals surface area contributed by atoms with Crippen LogP contribution in [0.15, 0.2) is 146 Å². The summed E-state index contributed by atoms with van der Waals surface area (Å²) in [7, 11) is 0. The van der Waals surface area contributed by atoms with Crippen molar-refractivity contribution in [2.75, 3.05) is 0 Å². The van der Waals surface area contributed by atoms with Gasteiger partial charge in [-0.05, 0) is 87.6 Å². The van der Waals surface area contributed by atoms with E-state index in [9.17, 15) is 0 Å². The number of rotatable bonds is 2. The first kappa shape index (κ1) is 24.8. The smallest absolute Gasteiger partial charge is 0.0547 e. The SMILES string of the molecule is CC1(C)c2ccccc2-c2ccc(-n3c4ccccc4c4cc5ccc6c(c5cc43)c3ccccc3n6-c3ccccc3)cc21. The molecule has 10 rings (SSSR count). The lowest BCUT2D eigenvalue weighted by Gasteiger charge is -2.22. The van der Waals surface area contributed by atoms with Crippen LogP contribution in [0.1, 0.15) is 25.0 Å². The lowest BCUT2D eigenvalue weighted by atomic mass is 9.82. The van der Waals surface area contributed by atoms with Gasteiger partial charge in [-0.25, -0.2) is 0 Å². The molecular weight excluding hydrogens is 544 g/mol. The maximum Gasteiger partial charge on any atom is 0.0547 e. The quantitative estimate of drug-likeness (QED) is 0.194. The van der Waals surface area contributed by atoms with Gasteiger partial charge in [-0.15, -0.1) is 0 Å². The molecule has 0 N–H and O–H groups in total. The Morgan fingerprint density at radius 3 is 1.91 bits per heavy atom. The number of para-hydroxylation sites is 3. The highest BCUT2D eigenvalue weighted by Gasteiger charge is 2.35. The minimum atomic E-state index is -0.0567. The van der Waals surface area contributed by atoms with Gasteiger partial charge in [0, 0.05) is 38.3 Å². The van der Waals surface area contributed by atoms with E-state index in [-0.39, 0.29) is 5.41 Å². The Kier molecular flexibility index (Phi) is 4.82. The number of benzene rings is 7. The van der Waals surface area contributed by atoms with E-state index in [4.69, 9.17) is 0 Å². The molecule has 7 aromatic carbocycles. The van der Waals surface area contributed by atoms with Crippen molar-refractivity contribution in [3.63, 3.8) is 0 Å². The third kappa shape index (κ3) is 3.24. The molecule has 45 heavy (non-hydrogen) atoms. The molecule has 0 aliphatic heterocycles. The minimum absolute atomic E-state index is 0.0567. The molecule has 9 aromatic rings. The Bertz CT molecular complexity index is 2670. The maximum absolute atomic E-state index is 2.48. The van der Waals surface area contributed by atoms with Crippen LogP contribution in [0.4, 0.5) is 0 Å². The lowest BCUT2D eigenvalue weighted by molar-refractivity contribution is 0.660. The largest absolute Gasteiger partial charge is 0.309 e. The summed E-state index contributed by atoms with van der Waals surface area (Å²) in [6.45, 7) is 4.72. The standard InChI is InChI=1S/C43H30N2/c1-43(2)36-17-9-6-14-30(36)31-22-21-29(25-37(31)43)45-38-18-10-7-15-32(38)35-24-27-20-23-40-42(34(27)26-41(35)45)33-16-8-11-19-39(33)44(40)28-12-4-3-5-13-28/h3-26H,1-2H3. The fourth-order valence-corrected chi connectivity index (χ4v) is 8.22. The van der Waals surface area contributed by atoms with Crippen molar-refractivity contribution in [3.05, 3.63) is 157 Å². The van der Waals surface area contributed by atoms with Crippen LogP contribution in [0.5, 0.6) is 0 Å². The van der Waals surface area contributed by atoms with Crippen LogP contribution in [0.25, 0.3) is 76.9 Å². The Hall–Kier alpha value is -5.60. The molecule has 2 heterocycles. The van der Waals surface area contributed by atoms with E-state index in [2.05, 4.69) is 169 Å². The second-order valence-electron chi connectivity index (χ2n) is 13.0. The van der Waals surface area contributed by atoms with Crippen molar-refractivity contribution >= 4 is 54.4 Å². The summed E-state index contributed by atoms with van der Waals surface area (Å²) in [6, 6.07) is 53.8. The highest BCUT2D eigenvalue weighted by Crippen LogP contribution is 2.49. The van der Waals surface area contributed by atoms with Crippen molar-refractivity contribution in [2.45, 2.75) is 19.3 Å². The number of hydrogen-bond donors (Lipinski definition) is 0. The van der Waals surface area contributed by atoms with E-state index in [1.54, 1.807) is 0 Å². The number of fused-ring (bicyclic) bond motifs is 11. The number of aromatic nitrogens is 2. The van der Waals surface area contributed by atoms with Gasteiger partial charge in [0.25, 0.3) is 0 Å². The molecule has 0 amide bonds. The molecule has 2 aromatic heterocycles. The summed E-state index contributed by atoms with van der Waals surface area (Å²) < 4.78 is 4.89. The molecule has 0 fully saturated rings. The molecule has 212 valence electrons. The number of nitrogens with zero attached hydrogens (tertiary/aromatic N) is 2. The molecule has 0 radical (unpaired) electrons. The zero-order chi connectivity index (χ0) is 29.9. The first-order valence-corrected chi connectivity index (χ1v) is 15.8. The third-order valence-electron chi connectivity index (χ3n) is 10.3. The van der Waals surface area contributed by atoms with E-state index in [1.807, 2.05) is 0 Å². The van der Waals surface area contributed by atoms with Gasteiger partial charge in [0.15, 0.2) is 0 Å². The number of hydrogen-bond acceptors (Lipinski definition) is 0. The summed E-state index contributed by atoms with van der Waals surface area (Å²) in [5.74, 6) is 0. The Balaban J connectivity index is 1.31. The molecule has 0 atom stereocenters. The first-order valence-electron chi connectivity index (χ1n) is 15.8. The molecular formula is C43H30N2. The molecule has 0 spiro atoms. The highest BCUT2D eigenvalue weighted by molar-refractivity contribution is 6.24. The van der Waals surface area contributed by atoms with Gasteiger partial charge in [-0.3, -0.25) is 0 Å². The van der Waals surface area contributed by atoms with Gasteiger partial charge in [0.2, 0.25) is 0 Å². The molecule has 0 saturated heterocycles. The van der Waals surface area contributed by atoms with Crippen LogP contribution in [-0.4, -0.2) is 9.13 Å². The van der Waals surface area contributed by atoms with E-state index in [0.717, 1.165) is 0 Å². The minimum Gasteiger partial charge on any atom is -0.309 e. The summed E-state index contributed by atoms with van der Waals surface area (Å²) >= 11 is 0. The van der Waals surface area contributed by atoms with Gasteiger partial charge in [0.1, 0.15) is 0 Å². The van der Waals surface area contributed by atoms with Crippen LogP contribution in [0, 0.1) is 0 Å². The zero-order valence-electron chi connectivity index (χ0n) is 25.3. The van der Waals surface area contributed by atoms with Crippen LogP contribution >= 0.6 is 0 Å². The normalized spacial score (nSPS) is 13.7. The average Bonchev–Trinajstić information content (AvgIpc) is 3.67.